The lowest BCUT2D eigenvalue weighted by atomic mass is 10.1. The van der Waals surface area contributed by atoms with Crippen LogP contribution in [0.1, 0.15) is 25.8 Å². The number of rotatable bonds is 7. The van der Waals surface area contributed by atoms with Crippen molar-refractivity contribution >= 4 is 11.6 Å². The Bertz CT molecular complexity index is 488. The predicted molar refractivity (Wildman–Crippen MR) is 79.7 cm³/mol. The maximum atomic E-state index is 5.82. The number of ether oxygens (including phenoxy) is 3. The van der Waals surface area contributed by atoms with Crippen molar-refractivity contribution in [2.75, 3.05) is 19.9 Å². The minimum atomic E-state index is 0.265. The zero-order valence-electron chi connectivity index (χ0n) is 11.9. The van der Waals surface area contributed by atoms with Crippen LogP contribution in [0.5, 0.6) is 17.2 Å². The summed E-state index contributed by atoms with van der Waals surface area (Å²) in [6.07, 6.45) is 1.09. The molecule has 0 bridgehead atoms. The first kappa shape index (κ1) is 15.0. The van der Waals surface area contributed by atoms with Crippen LogP contribution in [-0.4, -0.2) is 19.9 Å². The van der Waals surface area contributed by atoms with Crippen molar-refractivity contribution in [3.8, 4) is 17.2 Å². The van der Waals surface area contributed by atoms with Crippen molar-refractivity contribution in [2.45, 2.75) is 26.8 Å². The first-order chi connectivity index (χ1) is 9.74. The topological polar surface area (TPSA) is 39.7 Å². The Hall–Kier alpha value is -1.39. The highest BCUT2D eigenvalue weighted by Crippen LogP contribution is 2.38. The monoisotopic (exact) mass is 297 g/mol. The molecule has 4 nitrogen and oxygen atoms in total. The SMILES string of the molecule is CCCNCc1cc2c(cc1OC/C(C)=C/Cl)OCO2. The third-order valence-electron chi connectivity index (χ3n) is 2.94. The Morgan fingerprint density at radius 3 is 2.85 bits per heavy atom. The molecule has 1 N–H and O–H groups in total. The van der Waals surface area contributed by atoms with Crippen LogP contribution in [0.4, 0.5) is 0 Å². The molecule has 0 saturated heterocycles. The van der Waals surface area contributed by atoms with Gasteiger partial charge in [-0.3, -0.25) is 0 Å². The van der Waals surface area contributed by atoms with E-state index in [0.29, 0.717) is 6.61 Å². The fourth-order valence-electron chi connectivity index (χ4n) is 1.86. The lowest BCUT2D eigenvalue weighted by molar-refractivity contribution is 0.173. The first-order valence-electron chi connectivity index (χ1n) is 6.76. The molecule has 0 atom stereocenters. The second-order valence-corrected chi connectivity index (χ2v) is 4.95. The van der Waals surface area contributed by atoms with E-state index in [2.05, 4.69) is 12.2 Å². The van der Waals surface area contributed by atoms with Crippen molar-refractivity contribution in [2.24, 2.45) is 0 Å². The lowest BCUT2D eigenvalue weighted by Crippen LogP contribution is -2.15. The maximum Gasteiger partial charge on any atom is 0.231 e. The molecule has 2 rings (SSSR count). The van der Waals surface area contributed by atoms with E-state index in [4.69, 9.17) is 25.8 Å². The van der Waals surface area contributed by atoms with Crippen LogP contribution in [0.3, 0.4) is 0 Å². The summed E-state index contributed by atoms with van der Waals surface area (Å²) in [4.78, 5) is 0. The van der Waals surface area contributed by atoms with E-state index in [-0.39, 0.29) is 6.79 Å². The number of halogens is 1. The van der Waals surface area contributed by atoms with Crippen LogP contribution >= 0.6 is 11.6 Å². The van der Waals surface area contributed by atoms with Gasteiger partial charge < -0.3 is 19.5 Å². The summed E-state index contributed by atoms with van der Waals surface area (Å²) >= 11 is 5.66. The molecule has 110 valence electrons. The zero-order chi connectivity index (χ0) is 14.4. The van der Waals surface area contributed by atoms with Crippen molar-refractivity contribution < 1.29 is 14.2 Å². The predicted octanol–water partition coefficient (Wildman–Crippen LogP) is 3.44. The summed E-state index contributed by atoms with van der Waals surface area (Å²) in [7, 11) is 0. The molecule has 1 aliphatic heterocycles. The number of nitrogens with one attached hydrogen (secondary N) is 1. The van der Waals surface area contributed by atoms with Gasteiger partial charge in [0, 0.05) is 23.7 Å². The maximum absolute atomic E-state index is 5.82. The molecular formula is C15H20ClNO3. The second-order valence-electron chi connectivity index (χ2n) is 4.73. The van der Waals surface area contributed by atoms with Crippen LogP contribution in [0.15, 0.2) is 23.2 Å². The normalized spacial score (nSPS) is 13.7. The molecule has 0 unspecified atom stereocenters. The second kappa shape index (κ2) is 7.41. The molecule has 0 spiro atoms. The molecular weight excluding hydrogens is 278 g/mol. The molecule has 1 aliphatic rings. The van der Waals surface area contributed by atoms with Crippen LogP contribution in [0.25, 0.3) is 0 Å². The molecule has 0 saturated carbocycles. The van der Waals surface area contributed by atoms with Gasteiger partial charge in [-0.1, -0.05) is 18.5 Å². The third-order valence-corrected chi connectivity index (χ3v) is 3.31. The molecule has 20 heavy (non-hydrogen) atoms. The molecule has 1 aromatic rings. The molecule has 0 aromatic heterocycles. The Balaban J connectivity index is 2.13. The van der Waals surface area contributed by atoms with Gasteiger partial charge in [0.05, 0.1) is 0 Å². The average Bonchev–Trinajstić information content (AvgIpc) is 2.91. The fourth-order valence-corrected chi connectivity index (χ4v) is 1.92. The summed E-state index contributed by atoms with van der Waals surface area (Å²) in [5, 5.41) is 3.37. The standard InChI is InChI=1S/C15H20ClNO3/c1-3-4-17-8-12-5-14-15(20-10-19-14)6-13(12)18-9-11(2)7-16/h5-7,17H,3-4,8-10H2,1-2H3/b11-7+. The first-order valence-corrected chi connectivity index (χ1v) is 7.20. The van der Waals surface area contributed by atoms with E-state index in [1.54, 1.807) is 0 Å². The van der Waals surface area contributed by atoms with Gasteiger partial charge in [-0.15, -0.1) is 0 Å². The van der Waals surface area contributed by atoms with E-state index >= 15 is 0 Å². The van der Waals surface area contributed by atoms with Gasteiger partial charge in [-0.25, -0.2) is 0 Å². The van der Waals surface area contributed by atoms with Crippen LogP contribution < -0.4 is 19.5 Å². The van der Waals surface area contributed by atoms with Crippen molar-refractivity contribution in [1.82, 2.24) is 5.32 Å². The van der Waals surface area contributed by atoms with Gasteiger partial charge in [-0.05, 0) is 31.5 Å². The van der Waals surface area contributed by atoms with Gasteiger partial charge in [0.15, 0.2) is 11.5 Å². The van der Waals surface area contributed by atoms with E-state index in [0.717, 1.165) is 47.9 Å². The summed E-state index contributed by atoms with van der Waals surface area (Å²) < 4.78 is 16.6. The summed E-state index contributed by atoms with van der Waals surface area (Å²) in [6, 6.07) is 3.85. The van der Waals surface area contributed by atoms with Crippen molar-refractivity contribution in [1.29, 1.82) is 0 Å². The van der Waals surface area contributed by atoms with Crippen LogP contribution in [0, 0.1) is 0 Å². The highest BCUT2D eigenvalue weighted by Gasteiger charge is 2.18. The molecule has 5 heteroatoms. The number of hydrogen-bond acceptors (Lipinski definition) is 4. The van der Waals surface area contributed by atoms with Crippen molar-refractivity contribution in [3.63, 3.8) is 0 Å². The Labute approximate surface area is 124 Å². The van der Waals surface area contributed by atoms with E-state index in [9.17, 15) is 0 Å². The van der Waals surface area contributed by atoms with Gasteiger partial charge in [0.1, 0.15) is 12.4 Å². The van der Waals surface area contributed by atoms with Gasteiger partial charge >= 0.3 is 0 Å². The molecule has 1 aromatic carbocycles. The smallest absolute Gasteiger partial charge is 0.231 e. The van der Waals surface area contributed by atoms with E-state index in [1.165, 1.54) is 5.54 Å². The van der Waals surface area contributed by atoms with Gasteiger partial charge in [-0.2, -0.15) is 0 Å². The number of hydrogen-bond donors (Lipinski definition) is 1. The van der Waals surface area contributed by atoms with Gasteiger partial charge in [0.25, 0.3) is 0 Å². The third kappa shape index (κ3) is 3.81. The lowest BCUT2D eigenvalue weighted by Gasteiger charge is -2.13. The molecule has 0 aliphatic carbocycles. The van der Waals surface area contributed by atoms with E-state index < -0.39 is 0 Å². The Morgan fingerprint density at radius 1 is 1.40 bits per heavy atom. The highest BCUT2D eigenvalue weighted by atomic mass is 35.5. The molecule has 0 fully saturated rings. The van der Waals surface area contributed by atoms with Gasteiger partial charge in [0.2, 0.25) is 6.79 Å². The number of fused-ring (bicyclic) bond motifs is 1. The quantitative estimate of drug-likeness (QED) is 0.783. The Morgan fingerprint density at radius 2 is 2.15 bits per heavy atom. The summed E-state index contributed by atoms with van der Waals surface area (Å²) in [5.41, 5.74) is 3.56. The minimum absolute atomic E-state index is 0.265. The van der Waals surface area contributed by atoms with Crippen LogP contribution in [-0.2, 0) is 6.54 Å². The number of benzene rings is 1. The van der Waals surface area contributed by atoms with E-state index in [1.807, 2.05) is 19.1 Å². The summed E-state index contributed by atoms with van der Waals surface area (Å²) in [6.45, 7) is 6.50. The fraction of sp³-hybridized carbons (Fsp3) is 0.467. The zero-order valence-corrected chi connectivity index (χ0v) is 12.6. The van der Waals surface area contributed by atoms with Crippen LogP contribution in [0.2, 0.25) is 0 Å². The highest BCUT2D eigenvalue weighted by molar-refractivity contribution is 6.25. The summed E-state index contributed by atoms with van der Waals surface area (Å²) in [5.74, 6) is 2.30. The van der Waals surface area contributed by atoms with Crippen molar-refractivity contribution in [3.05, 3.63) is 28.8 Å². The largest absolute Gasteiger partial charge is 0.489 e. The Kier molecular flexibility index (Phi) is 5.56. The molecule has 1 heterocycles. The molecule has 0 amide bonds. The molecule has 0 radical (unpaired) electrons. The average molecular weight is 298 g/mol. The minimum Gasteiger partial charge on any atom is -0.489 e.